The lowest BCUT2D eigenvalue weighted by Crippen LogP contribution is -2.31. The van der Waals surface area contributed by atoms with E-state index in [2.05, 4.69) is 30.0 Å². The number of rotatable bonds is 1. The molecule has 0 aliphatic carbocycles. The van der Waals surface area contributed by atoms with E-state index in [-0.39, 0.29) is 0 Å². The largest absolute Gasteiger partial charge is 0.306 e. The van der Waals surface area contributed by atoms with Crippen molar-refractivity contribution in [2.75, 3.05) is 20.1 Å². The number of hydrogen-bond acceptors (Lipinski definition) is 3. The predicted molar refractivity (Wildman–Crippen MR) is 67.2 cm³/mol. The fourth-order valence-corrected chi connectivity index (χ4v) is 2.61. The van der Waals surface area contributed by atoms with Crippen LogP contribution in [0.5, 0.6) is 0 Å². The SMILES string of the molecule is Cc1cccn2nc(C3CCCN(C)C3)nc12. The zero-order valence-electron chi connectivity index (χ0n) is 10.4. The molecular formula is C13H18N4. The quantitative estimate of drug-likeness (QED) is 0.749. The van der Waals surface area contributed by atoms with Gasteiger partial charge in [0.2, 0.25) is 0 Å². The van der Waals surface area contributed by atoms with Crippen LogP contribution in [-0.2, 0) is 0 Å². The zero-order valence-corrected chi connectivity index (χ0v) is 10.4. The van der Waals surface area contributed by atoms with Crippen LogP contribution in [0.3, 0.4) is 0 Å². The number of piperidine rings is 1. The molecule has 17 heavy (non-hydrogen) atoms. The molecule has 90 valence electrons. The van der Waals surface area contributed by atoms with Crippen LogP contribution in [0, 0.1) is 6.92 Å². The summed E-state index contributed by atoms with van der Waals surface area (Å²) in [6, 6.07) is 4.11. The molecule has 4 heteroatoms. The summed E-state index contributed by atoms with van der Waals surface area (Å²) in [5.41, 5.74) is 2.19. The van der Waals surface area contributed by atoms with E-state index < -0.39 is 0 Å². The number of pyridine rings is 1. The van der Waals surface area contributed by atoms with Crippen molar-refractivity contribution in [1.29, 1.82) is 0 Å². The second kappa shape index (κ2) is 4.11. The highest BCUT2D eigenvalue weighted by atomic mass is 15.3. The van der Waals surface area contributed by atoms with Gasteiger partial charge in [-0.2, -0.15) is 5.10 Å². The van der Waals surface area contributed by atoms with E-state index in [1.807, 2.05) is 16.8 Å². The average Bonchev–Trinajstić information content (AvgIpc) is 2.74. The van der Waals surface area contributed by atoms with Gasteiger partial charge in [0, 0.05) is 18.7 Å². The van der Waals surface area contributed by atoms with E-state index in [0.29, 0.717) is 5.92 Å². The molecule has 0 amide bonds. The Bertz CT molecular complexity index is 531. The molecule has 1 atom stereocenters. The first-order valence-corrected chi connectivity index (χ1v) is 6.24. The van der Waals surface area contributed by atoms with Crippen molar-refractivity contribution < 1.29 is 0 Å². The molecule has 1 fully saturated rings. The standard InChI is InChI=1S/C13H18N4/c1-10-5-3-8-17-13(10)14-12(15-17)11-6-4-7-16(2)9-11/h3,5,8,11H,4,6-7,9H2,1-2H3. The third kappa shape index (κ3) is 1.93. The van der Waals surface area contributed by atoms with Crippen molar-refractivity contribution in [3.05, 3.63) is 29.7 Å². The highest BCUT2D eigenvalue weighted by Gasteiger charge is 2.22. The Kier molecular flexibility index (Phi) is 2.59. The van der Waals surface area contributed by atoms with Crippen molar-refractivity contribution >= 4 is 5.65 Å². The first kappa shape index (κ1) is 10.7. The topological polar surface area (TPSA) is 33.4 Å². The van der Waals surface area contributed by atoms with E-state index in [9.17, 15) is 0 Å². The molecule has 1 aliphatic heterocycles. The maximum absolute atomic E-state index is 4.70. The Morgan fingerprint density at radius 3 is 3.06 bits per heavy atom. The molecular weight excluding hydrogens is 212 g/mol. The van der Waals surface area contributed by atoms with E-state index in [4.69, 9.17) is 4.98 Å². The number of likely N-dealkylation sites (tertiary alicyclic amines) is 1. The summed E-state index contributed by atoms with van der Waals surface area (Å²) in [7, 11) is 2.17. The third-order valence-corrected chi connectivity index (χ3v) is 3.56. The molecule has 0 spiro atoms. The summed E-state index contributed by atoms with van der Waals surface area (Å²) in [6.45, 7) is 4.36. The molecule has 3 heterocycles. The molecule has 0 saturated carbocycles. The third-order valence-electron chi connectivity index (χ3n) is 3.56. The smallest absolute Gasteiger partial charge is 0.158 e. The lowest BCUT2D eigenvalue weighted by Gasteiger charge is -2.27. The minimum Gasteiger partial charge on any atom is -0.306 e. The summed E-state index contributed by atoms with van der Waals surface area (Å²) >= 11 is 0. The highest BCUT2D eigenvalue weighted by Crippen LogP contribution is 2.24. The Labute approximate surface area is 101 Å². The number of fused-ring (bicyclic) bond motifs is 1. The van der Waals surface area contributed by atoms with Gasteiger partial charge in [0.15, 0.2) is 11.5 Å². The Morgan fingerprint density at radius 1 is 1.41 bits per heavy atom. The van der Waals surface area contributed by atoms with Gasteiger partial charge in [0.1, 0.15) is 0 Å². The number of aromatic nitrogens is 3. The highest BCUT2D eigenvalue weighted by molar-refractivity contribution is 5.46. The van der Waals surface area contributed by atoms with Crippen molar-refractivity contribution in [2.24, 2.45) is 0 Å². The van der Waals surface area contributed by atoms with Crippen LogP contribution in [0.1, 0.15) is 30.1 Å². The number of nitrogens with zero attached hydrogens (tertiary/aromatic N) is 4. The van der Waals surface area contributed by atoms with Crippen LogP contribution >= 0.6 is 0 Å². The number of hydrogen-bond donors (Lipinski definition) is 0. The Morgan fingerprint density at radius 2 is 2.29 bits per heavy atom. The average molecular weight is 230 g/mol. The van der Waals surface area contributed by atoms with E-state index in [1.165, 1.54) is 24.9 Å². The minimum atomic E-state index is 0.494. The van der Waals surface area contributed by atoms with Gasteiger partial charge >= 0.3 is 0 Å². The van der Waals surface area contributed by atoms with Gasteiger partial charge < -0.3 is 4.90 Å². The normalized spacial score (nSPS) is 22.1. The van der Waals surface area contributed by atoms with Crippen LogP contribution in [0.15, 0.2) is 18.3 Å². The molecule has 0 radical (unpaired) electrons. The van der Waals surface area contributed by atoms with Gasteiger partial charge in [-0.1, -0.05) is 6.07 Å². The lowest BCUT2D eigenvalue weighted by molar-refractivity contribution is 0.246. The van der Waals surface area contributed by atoms with Crippen molar-refractivity contribution in [3.8, 4) is 0 Å². The van der Waals surface area contributed by atoms with E-state index in [1.54, 1.807) is 0 Å². The Balaban J connectivity index is 1.97. The first-order chi connectivity index (χ1) is 8.24. The van der Waals surface area contributed by atoms with Crippen molar-refractivity contribution in [2.45, 2.75) is 25.7 Å². The maximum atomic E-state index is 4.70. The zero-order chi connectivity index (χ0) is 11.8. The van der Waals surface area contributed by atoms with E-state index >= 15 is 0 Å². The molecule has 2 aromatic rings. The van der Waals surface area contributed by atoms with Crippen LogP contribution < -0.4 is 0 Å². The van der Waals surface area contributed by atoms with Crippen LogP contribution in [0.4, 0.5) is 0 Å². The van der Waals surface area contributed by atoms with Crippen molar-refractivity contribution in [1.82, 2.24) is 19.5 Å². The fraction of sp³-hybridized carbons (Fsp3) is 0.538. The van der Waals surface area contributed by atoms with E-state index in [0.717, 1.165) is 18.0 Å². The molecule has 1 saturated heterocycles. The second-order valence-electron chi connectivity index (χ2n) is 5.03. The molecule has 2 aromatic heterocycles. The Hall–Kier alpha value is -1.42. The lowest BCUT2D eigenvalue weighted by atomic mass is 9.98. The van der Waals surface area contributed by atoms with Gasteiger partial charge in [-0.3, -0.25) is 0 Å². The molecule has 0 N–H and O–H groups in total. The predicted octanol–water partition coefficient (Wildman–Crippen LogP) is 1.85. The van der Waals surface area contributed by atoms with Crippen LogP contribution in [-0.4, -0.2) is 39.6 Å². The van der Waals surface area contributed by atoms with Gasteiger partial charge in [-0.05, 0) is 45.0 Å². The molecule has 0 aromatic carbocycles. The fourth-order valence-electron chi connectivity index (χ4n) is 2.61. The van der Waals surface area contributed by atoms with Crippen molar-refractivity contribution in [3.63, 3.8) is 0 Å². The minimum absolute atomic E-state index is 0.494. The number of aryl methyl sites for hydroxylation is 1. The molecule has 1 aliphatic rings. The van der Waals surface area contributed by atoms with Crippen LogP contribution in [0.25, 0.3) is 5.65 Å². The molecule has 4 nitrogen and oxygen atoms in total. The second-order valence-corrected chi connectivity index (χ2v) is 5.03. The molecule has 3 rings (SSSR count). The molecule has 0 bridgehead atoms. The summed E-state index contributed by atoms with van der Waals surface area (Å²) in [6.07, 6.45) is 4.43. The summed E-state index contributed by atoms with van der Waals surface area (Å²) < 4.78 is 1.90. The van der Waals surface area contributed by atoms with Gasteiger partial charge in [0.05, 0.1) is 0 Å². The monoisotopic (exact) mass is 230 g/mol. The molecule has 1 unspecified atom stereocenters. The number of likely N-dealkylation sites (N-methyl/N-ethyl adjacent to an activating group) is 1. The summed E-state index contributed by atoms with van der Waals surface area (Å²) in [5.74, 6) is 1.50. The van der Waals surface area contributed by atoms with Gasteiger partial charge in [-0.25, -0.2) is 9.50 Å². The summed E-state index contributed by atoms with van der Waals surface area (Å²) in [4.78, 5) is 7.06. The maximum Gasteiger partial charge on any atom is 0.158 e. The van der Waals surface area contributed by atoms with Crippen LogP contribution in [0.2, 0.25) is 0 Å². The van der Waals surface area contributed by atoms with Gasteiger partial charge in [-0.15, -0.1) is 0 Å². The summed E-state index contributed by atoms with van der Waals surface area (Å²) in [5, 5.41) is 4.61. The first-order valence-electron chi connectivity index (χ1n) is 6.24. The van der Waals surface area contributed by atoms with Gasteiger partial charge in [0.25, 0.3) is 0 Å².